The number of rotatable bonds is 2. The summed E-state index contributed by atoms with van der Waals surface area (Å²) in [6.45, 7) is 4.04. The molecule has 6 heteroatoms. The number of benzene rings is 1. The summed E-state index contributed by atoms with van der Waals surface area (Å²) in [4.78, 5) is 0. The van der Waals surface area contributed by atoms with Gasteiger partial charge in [-0.15, -0.1) is 0 Å². The summed E-state index contributed by atoms with van der Waals surface area (Å²) in [5.74, 6) is 0.942. The normalized spacial score (nSPS) is 10.5. The van der Waals surface area contributed by atoms with Crippen molar-refractivity contribution in [2.45, 2.75) is 20.0 Å². The van der Waals surface area contributed by atoms with E-state index >= 15 is 0 Å². The highest BCUT2D eigenvalue weighted by molar-refractivity contribution is 8.31. The minimum Gasteiger partial charge on any atom is -0.491 e. The van der Waals surface area contributed by atoms with Crippen LogP contribution in [0.3, 0.4) is 0 Å². The molecule has 0 amide bonds. The fourth-order valence-corrected chi connectivity index (χ4v) is 0.771. The minimum absolute atomic E-state index is 0.266. The molecule has 0 N–H and O–H groups in total. The van der Waals surface area contributed by atoms with Crippen LogP contribution in [0.5, 0.6) is 5.75 Å². The second kappa shape index (κ2) is 6.93. The Morgan fingerprint density at radius 2 is 1.53 bits per heavy atom. The van der Waals surface area contributed by atoms with Crippen molar-refractivity contribution in [2.24, 2.45) is 0 Å². The Morgan fingerprint density at radius 3 is 1.87 bits per heavy atom. The number of halogens is 2. The molecule has 0 aliphatic heterocycles. The van der Waals surface area contributed by atoms with Crippen LogP contribution in [0.15, 0.2) is 30.3 Å². The average Bonchev–Trinajstić information content (AvgIpc) is 2.01. The third-order valence-corrected chi connectivity index (χ3v) is 1.11. The van der Waals surface area contributed by atoms with E-state index in [1.165, 1.54) is 0 Å². The number of ether oxygens (including phenoxy) is 1. The predicted molar refractivity (Wildman–Crippen MR) is 62.8 cm³/mol. The van der Waals surface area contributed by atoms with Crippen LogP contribution in [0.1, 0.15) is 13.8 Å². The van der Waals surface area contributed by atoms with Crippen molar-refractivity contribution in [1.82, 2.24) is 0 Å². The molecule has 0 aliphatic carbocycles. The van der Waals surface area contributed by atoms with Crippen molar-refractivity contribution in [2.75, 3.05) is 0 Å². The van der Waals surface area contributed by atoms with Crippen LogP contribution in [0.25, 0.3) is 0 Å². The Kier molecular flexibility index (Phi) is 6.72. The van der Waals surface area contributed by atoms with E-state index in [4.69, 9.17) is 13.2 Å². The van der Waals surface area contributed by atoms with E-state index < -0.39 is 8.26 Å². The van der Waals surface area contributed by atoms with Gasteiger partial charge in [-0.05, 0) is 26.0 Å². The summed E-state index contributed by atoms with van der Waals surface area (Å²) in [6.07, 6.45) is 0.266. The van der Waals surface area contributed by atoms with Crippen LogP contribution in [0.4, 0.5) is 0 Å². The van der Waals surface area contributed by atoms with Crippen LogP contribution < -0.4 is 4.74 Å². The first-order valence-corrected chi connectivity index (χ1v) is 7.28. The number of hydrogen-bond donors (Lipinski definition) is 0. The van der Waals surface area contributed by atoms with Gasteiger partial charge in [-0.1, -0.05) is 18.2 Å². The molecule has 0 fully saturated rings. The van der Waals surface area contributed by atoms with Gasteiger partial charge in [-0.3, -0.25) is 0 Å². The first-order valence-electron chi connectivity index (χ1n) is 4.15. The van der Waals surface area contributed by atoms with Crippen LogP contribution in [-0.2, 0) is 8.26 Å². The van der Waals surface area contributed by atoms with Crippen molar-refractivity contribution >= 4 is 29.6 Å². The van der Waals surface area contributed by atoms with Crippen LogP contribution >= 0.6 is 21.4 Å². The van der Waals surface area contributed by atoms with E-state index in [0.717, 1.165) is 5.75 Å². The Balaban J connectivity index is 0.000000336. The van der Waals surface area contributed by atoms with Crippen molar-refractivity contribution < 1.29 is 13.2 Å². The molecule has 0 saturated carbocycles. The summed E-state index contributed by atoms with van der Waals surface area (Å²) in [5, 5.41) is 0. The Hall–Kier alpha value is -0.450. The highest BCUT2D eigenvalue weighted by Crippen LogP contribution is 2.09. The van der Waals surface area contributed by atoms with E-state index in [1.807, 2.05) is 44.2 Å². The molecule has 1 aromatic carbocycles. The first kappa shape index (κ1) is 14.5. The zero-order chi connectivity index (χ0) is 11.9. The first-order chi connectivity index (χ1) is 6.79. The van der Waals surface area contributed by atoms with E-state index in [9.17, 15) is 0 Å². The topological polar surface area (TPSA) is 43.4 Å². The molecule has 1 aromatic rings. The Bertz CT molecular complexity index is 354. The summed E-state index contributed by atoms with van der Waals surface area (Å²) >= 11 is 0. The lowest BCUT2D eigenvalue weighted by molar-refractivity contribution is 0.242. The molecule has 1 rings (SSSR count). The molecule has 86 valence electrons. The molecule has 0 heterocycles. The van der Waals surface area contributed by atoms with Crippen molar-refractivity contribution in [3.8, 4) is 5.75 Å². The number of para-hydroxylation sites is 1. The smallest absolute Gasteiger partial charge is 0.317 e. The van der Waals surface area contributed by atoms with Gasteiger partial charge in [-0.2, -0.15) is 8.42 Å². The molecule has 0 unspecified atom stereocenters. The zero-order valence-corrected chi connectivity index (χ0v) is 10.7. The van der Waals surface area contributed by atoms with Crippen LogP contribution in [0, 0.1) is 0 Å². The summed E-state index contributed by atoms with van der Waals surface area (Å²) in [5.41, 5.74) is 0. The third kappa shape index (κ3) is 13.5. The minimum atomic E-state index is -3.72. The molecule has 15 heavy (non-hydrogen) atoms. The molecule has 0 spiro atoms. The van der Waals surface area contributed by atoms with Gasteiger partial charge in [0.05, 0.1) is 6.10 Å². The average molecular weight is 271 g/mol. The molecule has 0 aromatic heterocycles. The number of hydrogen-bond acceptors (Lipinski definition) is 3. The Labute approximate surface area is 98.9 Å². The van der Waals surface area contributed by atoms with Gasteiger partial charge in [0.2, 0.25) is 0 Å². The van der Waals surface area contributed by atoms with Crippen molar-refractivity contribution in [1.29, 1.82) is 0 Å². The van der Waals surface area contributed by atoms with E-state index in [0.29, 0.717) is 0 Å². The molecule has 0 radical (unpaired) electrons. The molecular formula is C9H12Cl2O3S. The molecule has 0 atom stereocenters. The lowest BCUT2D eigenvalue weighted by Crippen LogP contribution is -2.04. The summed E-state index contributed by atoms with van der Waals surface area (Å²) in [6, 6.07) is 9.84. The van der Waals surface area contributed by atoms with Gasteiger partial charge in [0.25, 0.3) is 0 Å². The summed E-state index contributed by atoms with van der Waals surface area (Å²) < 4.78 is 23.7. The highest BCUT2D eigenvalue weighted by Gasteiger charge is 1.92. The molecule has 0 aliphatic rings. The standard InChI is InChI=1S/C9H12O.Cl2O2S/c1-8(2)10-9-6-4-3-5-7-9;1-5(2,3)4/h3-8H,1-2H3;. The lowest BCUT2D eigenvalue weighted by atomic mass is 10.3. The Morgan fingerprint density at radius 1 is 1.13 bits per heavy atom. The summed E-state index contributed by atoms with van der Waals surface area (Å²) in [7, 11) is 4.81. The lowest BCUT2D eigenvalue weighted by Gasteiger charge is -2.07. The van der Waals surface area contributed by atoms with Crippen LogP contribution in [0.2, 0.25) is 0 Å². The second-order valence-electron chi connectivity index (χ2n) is 2.86. The second-order valence-corrected chi connectivity index (χ2v) is 6.53. The van der Waals surface area contributed by atoms with Gasteiger partial charge >= 0.3 is 8.26 Å². The maximum absolute atomic E-state index is 9.16. The molecule has 0 saturated heterocycles. The zero-order valence-electron chi connectivity index (χ0n) is 8.35. The maximum Gasteiger partial charge on any atom is 0.317 e. The van der Waals surface area contributed by atoms with Gasteiger partial charge in [0.15, 0.2) is 0 Å². The molecular weight excluding hydrogens is 259 g/mol. The quantitative estimate of drug-likeness (QED) is 0.776. The fraction of sp³-hybridized carbons (Fsp3) is 0.333. The van der Waals surface area contributed by atoms with E-state index in [2.05, 4.69) is 21.4 Å². The van der Waals surface area contributed by atoms with E-state index in [1.54, 1.807) is 0 Å². The fourth-order valence-electron chi connectivity index (χ4n) is 0.771. The van der Waals surface area contributed by atoms with Gasteiger partial charge in [0.1, 0.15) is 5.75 Å². The van der Waals surface area contributed by atoms with Gasteiger partial charge in [0, 0.05) is 21.4 Å². The van der Waals surface area contributed by atoms with E-state index in [-0.39, 0.29) is 6.10 Å². The molecule has 3 nitrogen and oxygen atoms in total. The maximum atomic E-state index is 9.16. The van der Waals surface area contributed by atoms with Crippen molar-refractivity contribution in [3.05, 3.63) is 30.3 Å². The SMILES string of the molecule is CC(C)Oc1ccccc1.O=S(=O)(Cl)Cl. The van der Waals surface area contributed by atoms with Crippen molar-refractivity contribution in [3.63, 3.8) is 0 Å². The monoisotopic (exact) mass is 270 g/mol. The van der Waals surface area contributed by atoms with Gasteiger partial charge in [-0.25, -0.2) is 0 Å². The van der Waals surface area contributed by atoms with Gasteiger partial charge < -0.3 is 4.74 Å². The third-order valence-electron chi connectivity index (χ3n) is 1.11. The predicted octanol–water partition coefficient (Wildman–Crippen LogP) is 3.18. The van der Waals surface area contributed by atoms with Crippen LogP contribution in [-0.4, -0.2) is 14.5 Å². The molecule has 0 bridgehead atoms. The highest BCUT2D eigenvalue weighted by atomic mass is 36.0. The largest absolute Gasteiger partial charge is 0.491 e.